The predicted molar refractivity (Wildman–Crippen MR) is 69.3 cm³/mol. The van der Waals surface area contributed by atoms with Crippen molar-refractivity contribution in [3.8, 4) is 5.75 Å². The highest BCUT2D eigenvalue weighted by Crippen LogP contribution is 2.23. The molecule has 1 aromatic rings. The number of rotatable bonds is 6. The second kappa shape index (κ2) is 6.96. The Bertz CT molecular complexity index is 410. The SMILES string of the molecule is CCOc1ccc(N(C)C(=O)CCCN)cc1F. The normalized spacial score (nSPS) is 10.2. The average Bonchev–Trinajstić information content (AvgIpc) is 2.37. The fraction of sp³-hybridized carbons (Fsp3) is 0.462. The molecule has 0 spiro atoms. The van der Waals surface area contributed by atoms with E-state index < -0.39 is 5.82 Å². The van der Waals surface area contributed by atoms with Crippen LogP contribution in [0.3, 0.4) is 0 Å². The van der Waals surface area contributed by atoms with Gasteiger partial charge in [0.05, 0.1) is 6.61 Å². The van der Waals surface area contributed by atoms with Crippen molar-refractivity contribution in [3.05, 3.63) is 24.0 Å². The Hall–Kier alpha value is -1.62. The van der Waals surface area contributed by atoms with E-state index in [1.165, 1.54) is 17.0 Å². The van der Waals surface area contributed by atoms with E-state index in [0.29, 0.717) is 31.7 Å². The molecule has 100 valence electrons. The van der Waals surface area contributed by atoms with Gasteiger partial charge in [-0.05, 0) is 32.0 Å². The molecule has 0 aromatic heterocycles. The smallest absolute Gasteiger partial charge is 0.226 e. The summed E-state index contributed by atoms with van der Waals surface area (Å²) in [6.07, 6.45) is 0.991. The first-order chi connectivity index (χ1) is 8.60. The van der Waals surface area contributed by atoms with Crippen LogP contribution >= 0.6 is 0 Å². The zero-order valence-corrected chi connectivity index (χ0v) is 10.8. The van der Waals surface area contributed by atoms with E-state index in [2.05, 4.69) is 0 Å². The largest absolute Gasteiger partial charge is 0.491 e. The van der Waals surface area contributed by atoms with E-state index in [-0.39, 0.29) is 11.7 Å². The second-order valence-corrected chi connectivity index (χ2v) is 3.89. The van der Waals surface area contributed by atoms with Gasteiger partial charge in [0.1, 0.15) is 0 Å². The molecule has 0 radical (unpaired) electrons. The molecular formula is C13H19FN2O2. The molecular weight excluding hydrogens is 235 g/mol. The Labute approximate surface area is 107 Å². The molecule has 1 rings (SSSR count). The van der Waals surface area contributed by atoms with Crippen molar-refractivity contribution in [2.24, 2.45) is 5.73 Å². The van der Waals surface area contributed by atoms with Gasteiger partial charge in [-0.15, -0.1) is 0 Å². The van der Waals surface area contributed by atoms with Crippen LogP contribution in [-0.4, -0.2) is 26.1 Å². The van der Waals surface area contributed by atoms with E-state index >= 15 is 0 Å². The summed E-state index contributed by atoms with van der Waals surface area (Å²) in [5.74, 6) is -0.346. The molecule has 0 unspecified atom stereocenters. The monoisotopic (exact) mass is 254 g/mol. The molecule has 1 aromatic carbocycles. The zero-order chi connectivity index (χ0) is 13.5. The Morgan fingerprint density at radius 1 is 1.50 bits per heavy atom. The van der Waals surface area contributed by atoms with Crippen LogP contribution in [0.15, 0.2) is 18.2 Å². The second-order valence-electron chi connectivity index (χ2n) is 3.89. The molecule has 0 aliphatic carbocycles. The molecule has 1 amide bonds. The maximum absolute atomic E-state index is 13.6. The highest BCUT2D eigenvalue weighted by molar-refractivity contribution is 5.92. The fourth-order valence-corrected chi connectivity index (χ4v) is 1.54. The minimum absolute atomic E-state index is 0.0796. The Kier molecular flexibility index (Phi) is 5.58. The van der Waals surface area contributed by atoms with E-state index in [1.807, 2.05) is 0 Å². The predicted octanol–water partition coefficient (Wildman–Crippen LogP) is 1.93. The van der Waals surface area contributed by atoms with Gasteiger partial charge in [-0.1, -0.05) is 0 Å². The molecule has 0 aliphatic rings. The molecule has 18 heavy (non-hydrogen) atoms. The van der Waals surface area contributed by atoms with Gasteiger partial charge in [0.25, 0.3) is 0 Å². The third-order valence-corrected chi connectivity index (χ3v) is 2.57. The van der Waals surface area contributed by atoms with Gasteiger partial charge in [-0.25, -0.2) is 4.39 Å². The van der Waals surface area contributed by atoms with Gasteiger partial charge in [-0.3, -0.25) is 4.79 Å². The third kappa shape index (κ3) is 3.70. The minimum atomic E-state index is -0.465. The highest BCUT2D eigenvalue weighted by Gasteiger charge is 2.12. The number of amides is 1. The van der Waals surface area contributed by atoms with E-state index in [0.717, 1.165) is 0 Å². The van der Waals surface area contributed by atoms with Crippen molar-refractivity contribution in [1.82, 2.24) is 0 Å². The summed E-state index contributed by atoms with van der Waals surface area (Å²) in [5.41, 5.74) is 5.86. The van der Waals surface area contributed by atoms with Gasteiger partial charge >= 0.3 is 0 Å². The first-order valence-electron chi connectivity index (χ1n) is 5.99. The number of halogens is 1. The number of anilines is 1. The van der Waals surface area contributed by atoms with Crippen molar-refractivity contribution in [3.63, 3.8) is 0 Å². The van der Waals surface area contributed by atoms with Crippen LogP contribution in [0.1, 0.15) is 19.8 Å². The standard InChI is InChI=1S/C13H19FN2O2/c1-3-18-12-7-6-10(9-11(12)14)16(2)13(17)5-4-8-15/h6-7,9H,3-5,8,15H2,1-2H3. The number of nitrogens with zero attached hydrogens (tertiary/aromatic N) is 1. The zero-order valence-electron chi connectivity index (χ0n) is 10.8. The van der Waals surface area contributed by atoms with E-state index in [1.54, 1.807) is 20.0 Å². The fourth-order valence-electron chi connectivity index (χ4n) is 1.54. The first-order valence-corrected chi connectivity index (χ1v) is 5.99. The summed E-state index contributed by atoms with van der Waals surface area (Å²) >= 11 is 0. The van der Waals surface area contributed by atoms with Crippen LogP contribution in [-0.2, 0) is 4.79 Å². The number of hydrogen-bond donors (Lipinski definition) is 1. The Morgan fingerprint density at radius 2 is 2.22 bits per heavy atom. The number of carbonyl (C=O) groups excluding carboxylic acids is 1. The van der Waals surface area contributed by atoms with Crippen LogP contribution in [0.2, 0.25) is 0 Å². The van der Waals surface area contributed by atoms with Gasteiger partial charge in [0.15, 0.2) is 11.6 Å². The van der Waals surface area contributed by atoms with Crippen LogP contribution in [0.5, 0.6) is 5.75 Å². The van der Waals surface area contributed by atoms with Crippen LogP contribution in [0.25, 0.3) is 0 Å². The Morgan fingerprint density at radius 3 is 2.78 bits per heavy atom. The lowest BCUT2D eigenvalue weighted by molar-refractivity contribution is -0.118. The molecule has 0 atom stereocenters. The summed E-state index contributed by atoms with van der Waals surface area (Å²) in [7, 11) is 1.62. The molecule has 0 saturated carbocycles. The molecule has 0 bridgehead atoms. The summed E-state index contributed by atoms with van der Waals surface area (Å²) in [4.78, 5) is 13.2. The molecule has 4 nitrogen and oxygen atoms in total. The molecule has 2 N–H and O–H groups in total. The van der Waals surface area contributed by atoms with Crippen molar-refractivity contribution in [2.75, 3.05) is 25.1 Å². The van der Waals surface area contributed by atoms with Gasteiger partial charge < -0.3 is 15.4 Å². The molecule has 0 heterocycles. The Balaban J connectivity index is 2.77. The quantitative estimate of drug-likeness (QED) is 0.844. The summed E-state index contributed by atoms with van der Waals surface area (Å²) in [6.45, 7) is 2.66. The average molecular weight is 254 g/mol. The minimum Gasteiger partial charge on any atom is -0.491 e. The summed E-state index contributed by atoms with van der Waals surface area (Å²) in [6, 6.07) is 4.49. The van der Waals surface area contributed by atoms with Crippen molar-refractivity contribution in [2.45, 2.75) is 19.8 Å². The van der Waals surface area contributed by atoms with Gasteiger partial charge in [-0.2, -0.15) is 0 Å². The highest BCUT2D eigenvalue weighted by atomic mass is 19.1. The van der Waals surface area contributed by atoms with Crippen LogP contribution < -0.4 is 15.4 Å². The molecule has 0 saturated heterocycles. The maximum Gasteiger partial charge on any atom is 0.226 e. The lowest BCUT2D eigenvalue weighted by Crippen LogP contribution is -2.26. The van der Waals surface area contributed by atoms with Crippen molar-refractivity contribution in [1.29, 1.82) is 0 Å². The third-order valence-electron chi connectivity index (χ3n) is 2.57. The molecule has 5 heteroatoms. The van der Waals surface area contributed by atoms with Crippen molar-refractivity contribution >= 4 is 11.6 Å². The van der Waals surface area contributed by atoms with Crippen LogP contribution in [0.4, 0.5) is 10.1 Å². The lowest BCUT2D eigenvalue weighted by Gasteiger charge is -2.18. The number of hydrogen-bond acceptors (Lipinski definition) is 3. The topological polar surface area (TPSA) is 55.6 Å². The summed E-state index contributed by atoms with van der Waals surface area (Å²) in [5, 5.41) is 0. The van der Waals surface area contributed by atoms with Gasteiger partial charge in [0, 0.05) is 25.2 Å². The van der Waals surface area contributed by atoms with Crippen molar-refractivity contribution < 1.29 is 13.9 Å². The number of benzene rings is 1. The number of nitrogens with two attached hydrogens (primary N) is 1. The number of ether oxygens (including phenoxy) is 1. The van der Waals surface area contributed by atoms with E-state index in [9.17, 15) is 9.18 Å². The van der Waals surface area contributed by atoms with Crippen LogP contribution in [0, 0.1) is 5.82 Å². The maximum atomic E-state index is 13.6. The molecule has 0 aliphatic heterocycles. The number of carbonyl (C=O) groups is 1. The molecule has 0 fully saturated rings. The lowest BCUT2D eigenvalue weighted by atomic mass is 10.2. The first kappa shape index (κ1) is 14.4. The van der Waals surface area contributed by atoms with Gasteiger partial charge in [0.2, 0.25) is 5.91 Å². The summed E-state index contributed by atoms with van der Waals surface area (Å²) < 4.78 is 18.7. The van der Waals surface area contributed by atoms with E-state index in [4.69, 9.17) is 10.5 Å².